The standard InChI is InChI=1S/C10H14ClN3S/c11-9-10(13-15-12-9)14(5-7-1-2-7)6-8-3-4-8/h7-8H,1-6H2. The van der Waals surface area contributed by atoms with Gasteiger partial charge in [-0.1, -0.05) is 11.6 Å². The minimum Gasteiger partial charge on any atom is -0.353 e. The number of hydrogen-bond acceptors (Lipinski definition) is 4. The molecule has 1 heterocycles. The van der Waals surface area contributed by atoms with Gasteiger partial charge in [-0.25, -0.2) is 0 Å². The van der Waals surface area contributed by atoms with Gasteiger partial charge < -0.3 is 4.90 Å². The van der Waals surface area contributed by atoms with Gasteiger partial charge in [-0.15, -0.1) is 0 Å². The first kappa shape index (κ1) is 9.85. The predicted molar refractivity (Wildman–Crippen MR) is 62.6 cm³/mol. The first-order valence-corrected chi connectivity index (χ1v) is 6.67. The molecular formula is C10H14ClN3S. The number of halogens is 1. The molecule has 0 saturated heterocycles. The summed E-state index contributed by atoms with van der Waals surface area (Å²) in [6.07, 6.45) is 5.49. The van der Waals surface area contributed by atoms with Gasteiger partial charge in [-0.2, -0.15) is 8.75 Å². The van der Waals surface area contributed by atoms with E-state index in [2.05, 4.69) is 13.6 Å². The molecule has 0 aliphatic heterocycles. The van der Waals surface area contributed by atoms with Gasteiger partial charge in [0.25, 0.3) is 0 Å². The van der Waals surface area contributed by atoms with Crippen LogP contribution in [0.15, 0.2) is 0 Å². The van der Waals surface area contributed by atoms with Gasteiger partial charge in [0.05, 0.1) is 11.7 Å². The molecule has 0 atom stereocenters. The summed E-state index contributed by atoms with van der Waals surface area (Å²) in [5.74, 6) is 2.67. The highest BCUT2D eigenvalue weighted by molar-refractivity contribution is 6.99. The molecule has 3 rings (SSSR count). The van der Waals surface area contributed by atoms with Crippen molar-refractivity contribution < 1.29 is 0 Å². The largest absolute Gasteiger partial charge is 0.353 e. The predicted octanol–water partition coefficient (Wildman–Crippen LogP) is 2.82. The van der Waals surface area contributed by atoms with Gasteiger partial charge in [-0.05, 0) is 37.5 Å². The minimum absolute atomic E-state index is 0.585. The summed E-state index contributed by atoms with van der Waals surface area (Å²) in [6, 6.07) is 0. The van der Waals surface area contributed by atoms with E-state index in [0.29, 0.717) is 5.15 Å². The molecule has 3 nitrogen and oxygen atoms in total. The summed E-state index contributed by atoms with van der Waals surface area (Å²) in [6.45, 7) is 2.25. The number of rotatable bonds is 5. The molecule has 2 fully saturated rings. The summed E-state index contributed by atoms with van der Waals surface area (Å²) in [7, 11) is 0. The molecule has 2 saturated carbocycles. The fourth-order valence-electron chi connectivity index (χ4n) is 1.83. The Morgan fingerprint density at radius 3 is 2.13 bits per heavy atom. The maximum absolute atomic E-state index is 6.04. The van der Waals surface area contributed by atoms with Crippen LogP contribution < -0.4 is 4.90 Å². The first-order valence-electron chi connectivity index (χ1n) is 5.56. The SMILES string of the molecule is Clc1nsnc1N(CC1CC1)CC1CC1. The molecule has 0 unspecified atom stereocenters. The summed E-state index contributed by atoms with van der Waals surface area (Å²) in [5.41, 5.74) is 0. The lowest BCUT2D eigenvalue weighted by Gasteiger charge is -2.21. The molecule has 1 aromatic rings. The van der Waals surface area contributed by atoms with Gasteiger partial charge >= 0.3 is 0 Å². The topological polar surface area (TPSA) is 29.0 Å². The number of hydrogen-bond donors (Lipinski definition) is 0. The smallest absolute Gasteiger partial charge is 0.187 e. The van der Waals surface area contributed by atoms with Gasteiger partial charge in [0.2, 0.25) is 0 Å². The zero-order valence-electron chi connectivity index (χ0n) is 8.53. The Balaban J connectivity index is 1.71. The fourth-order valence-corrected chi connectivity index (χ4v) is 2.61. The van der Waals surface area contributed by atoms with Crippen molar-refractivity contribution in [2.75, 3.05) is 18.0 Å². The van der Waals surface area contributed by atoms with Crippen LogP contribution in [0, 0.1) is 11.8 Å². The van der Waals surface area contributed by atoms with E-state index in [4.69, 9.17) is 11.6 Å². The van der Waals surface area contributed by atoms with Gasteiger partial charge in [0.15, 0.2) is 11.0 Å². The van der Waals surface area contributed by atoms with Crippen LogP contribution in [0.2, 0.25) is 5.15 Å². The summed E-state index contributed by atoms with van der Waals surface area (Å²) in [5, 5.41) is 0.585. The van der Waals surface area contributed by atoms with Gasteiger partial charge in [0, 0.05) is 13.1 Å². The molecule has 0 radical (unpaired) electrons. The third-order valence-corrected chi connectivity index (χ3v) is 3.96. The normalized spacial score (nSPS) is 20.6. The van der Waals surface area contributed by atoms with Crippen molar-refractivity contribution in [2.45, 2.75) is 25.7 Å². The van der Waals surface area contributed by atoms with Crippen LogP contribution in [0.3, 0.4) is 0 Å². The third kappa shape index (κ3) is 2.42. The Hall–Kier alpha value is -0.350. The van der Waals surface area contributed by atoms with Crippen LogP contribution in [0.1, 0.15) is 25.7 Å². The monoisotopic (exact) mass is 243 g/mol. The van der Waals surface area contributed by atoms with E-state index in [1.165, 1.54) is 37.4 Å². The van der Waals surface area contributed by atoms with Crippen LogP contribution in [0.5, 0.6) is 0 Å². The van der Waals surface area contributed by atoms with Crippen LogP contribution in [-0.4, -0.2) is 21.8 Å². The van der Waals surface area contributed by atoms with Crippen LogP contribution >= 0.6 is 23.3 Å². The van der Waals surface area contributed by atoms with E-state index in [0.717, 1.165) is 30.7 Å². The molecular weight excluding hydrogens is 230 g/mol. The van der Waals surface area contributed by atoms with E-state index < -0.39 is 0 Å². The second-order valence-electron chi connectivity index (χ2n) is 4.67. The molecule has 2 aliphatic rings. The summed E-state index contributed by atoms with van der Waals surface area (Å²) >= 11 is 7.25. The van der Waals surface area contributed by atoms with E-state index in [-0.39, 0.29) is 0 Å². The zero-order chi connectivity index (χ0) is 10.3. The Bertz CT molecular complexity index is 332. The lowest BCUT2D eigenvalue weighted by atomic mass is 10.3. The van der Waals surface area contributed by atoms with E-state index in [1.807, 2.05) is 0 Å². The number of aromatic nitrogens is 2. The molecule has 0 amide bonds. The molecule has 0 spiro atoms. The van der Waals surface area contributed by atoms with Gasteiger partial charge in [-0.3, -0.25) is 0 Å². The lowest BCUT2D eigenvalue weighted by Crippen LogP contribution is -2.28. The molecule has 1 aromatic heterocycles. The zero-order valence-corrected chi connectivity index (χ0v) is 10.1. The molecule has 5 heteroatoms. The Kier molecular flexibility index (Phi) is 2.56. The first-order chi connectivity index (χ1) is 7.33. The molecule has 15 heavy (non-hydrogen) atoms. The van der Waals surface area contributed by atoms with Crippen molar-refractivity contribution >= 4 is 29.1 Å². The molecule has 2 aliphatic carbocycles. The minimum atomic E-state index is 0.585. The molecule has 82 valence electrons. The van der Waals surface area contributed by atoms with Crippen LogP contribution in [-0.2, 0) is 0 Å². The number of anilines is 1. The summed E-state index contributed by atoms with van der Waals surface area (Å²) in [4.78, 5) is 2.35. The fraction of sp³-hybridized carbons (Fsp3) is 0.800. The lowest BCUT2D eigenvalue weighted by molar-refractivity contribution is 0.674. The Labute approximate surface area is 98.8 Å². The molecule has 0 aromatic carbocycles. The average Bonchev–Trinajstić information content (AvgIpc) is 3.11. The van der Waals surface area contributed by atoms with Gasteiger partial charge in [0.1, 0.15) is 0 Å². The summed E-state index contributed by atoms with van der Waals surface area (Å²) < 4.78 is 8.35. The molecule has 0 N–H and O–H groups in total. The number of nitrogens with zero attached hydrogens (tertiary/aromatic N) is 3. The quantitative estimate of drug-likeness (QED) is 0.797. The highest BCUT2D eigenvalue weighted by Gasteiger charge is 2.31. The Morgan fingerprint density at radius 2 is 1.73 bits per heavy atom. The third-order valence-electron chi connectivity index (χ3n) is 3.08. The van der Waals surface area contributed by atoms with E-state index >= 15 is 0 Å². The maximum Gasteiger partial charge on any atom is 0.187 e. The van der Waals surface area contributed by atoms with Crippen molar-refractivity contribution in [1.82, 2.24) is 8.75 Å². The highest BCUT2D eigenvalue weighted by Crippen LogP contribution is 2.36. The van der Waals surface area contributed by atoms with Crippen molar-refractivity contribution in [1.29, 1.82) is 0 Å². The van der Waals surface area contributed by atoms with Crippen LogP contribution in [0.4, 0.5) is 5.82 Å². The Morgan fingerprint density at radius 1 is 1.13 bits per heavy atom. The second kappa shape index (κ2) is 3.91. The van der Waals surface area contributed by atoms with Crippen molar-refractivity contribution in [3.8, 4) is 0 Å². The van der Waals surface area contributed by atoms with Crippen molar-refractivity contribution in [2.24, 2.45) is 11.8 Å². The second-order valence-corrected chi connectivity index (χ2v) is 5.56. The van der Waals surface area contributed by atoms with E-state index in [1.54, 1.807) is 0 Å². The van der Waals surface area contributed by atoms with Crippen molar-refractivity contribution in [3.05, 3.63) is 5.15 Å². The van der Waals surface area contributed by atoms with E-state index in [9.17, 15) is 0 Å². The molecule has 0 bridgehead atoms. The van der Waals surface area contributed by atoms with Crippen molar-refractivity contribution in [3.63, 3.8) is 0 Å². The highest BCUT2D eigenvalue weighted by atomic mass is 35.5. The average molecular weight is 244 g/mol. The van der Waals surface area contributed by atoms with Crippen LogP contribution in [0.25, 0.3) is 0 Å². The maximum atomic E-state index is 6.04.